The van der Waals surface area contributed by atoms with E-state index in [0.29, 0.717) is 45.2 Å². The van der Waals surface area contributed by atoms with Crippen molar-refractivity contribution in [3.63, 3.8) is 0 Å². The highest BCUT2D eigenvalue weighted by Crippen LogP contribution is 2.30. The number of aliphatic hydroxyl groups excluding tert-OH is 1. The second kappa shape index (κ2) is 8.26. The van der Waals surface area contributed by atoms with E-state index in [1.807, 2.05) is 25.7 Å². The summed E-state index contributed by atoms with van der Waals surface area (Å²) in [6.45, 7) is 8.31. The highest BCUT2D eigenvalue weighted by atomic mass is 35.5. The summed E-state index contributed by atoms with van der Waals surface area (Å²) in [4.78, 5) is 24.5. The van der Waals surface area contributed by atoms with E-state index in [9.17, 15) is 9.90 Å². The standard InChI is InChI=1S/C18H27ClN4O5/c1-17(2,3)28-16(25)23-5-4-18(11-23,12-24)27-14-10-13(19)20-15(21-14)22-6-8-26-9-7-22/h10,24H,4-9,11-12H2,1-3H3. The monoisotopic (exact) mass is 414 g/mol. The Balaban J connectivity index is 1.72. The fraction of sp³-hybridized carbons (Fsp3) is 0.722. The third-order valence-corrected chi connectivity index (χ3v) is 4.72. The summed E-state index contributed by atoms with van der Waals surface area (Å²) in [6, 6.07) is 1.51. The number of nitrogens with zero attached hydrogens (tertiary/aromatic N) is 4. The number of aliphatic hydroxyl groups is 1. The first-order chi connectivity index (χ1) is 13.2. The Morgan fingerprint density at radius 1 is 1.32 bits per heavy atom. The van der Waals surface area contributed by atoms with Gasteiger partial charge >= 0.3 is 6.09 Å². The number of rotatable bonds is 4. The quantitative estimate of drug-likeness (QED) is 0.744. The lowest BCUT2D eigenvalue weighted by Gasteiger charge is -2.30. The minimum atomic E-state index is -0.961. The van der Waals surface area contributed by atoms with E-state index in [1.165, 1.54) is 11.0 Å². The second-order valence-electron chi connectivity index (χ2n) is 8.02. The highest BCUT2D eigenvalue weighted by Gasteiger charge is 2.43. The molecule has 2 aliphatic heterocycles. The Hall–Kier alpha value is -1.84. The zero-order valence-corrected chi connectivity index (χ0v) is 17.2. The fourth-order valence-electron chi connectivity index (χ4n) is 3.14. The predicted molar refractivity (Wildman–Crippen MR) is 103 cm³/mol. The van der Waals surface area contributed by atoms with E-state index in [-0.39, 0.29) is 24.2 Å². The molecule has 1 aromatic heterocycles. The van der Waals surface area contributed by atoms with Crippen molar-refractivity contribution in [1.82, 2.24) is 14.9 Å². The Morgan fingerprint density at radius 2 is 2.04 bits per heavy atom. The van der Waals surface area contributed by atoms with Crippen LogP contribution in [0.1, 0.15) is 27.2 Å². The largest absolute Gasteiger partial charge is 0.466 e. The molecule has 1 aromatic rings. The van der Waals surface area contributed by atoms with Gasteiger partial charge in [-0.05, 0) is 20.8 Å². The van der Waals surface area contributed by atoms with E-state index < -0.39 is 17.3 Å². The molecule has 1 amide bonds. The maximum absolute atomic E-state index is 12.3. The third-order valence-electron chi connectivity index (χ3n) is 4.53. The first-order valence-electron chi connectivity index (χ1n) is 9.35. The van der Waals surface area contributed by atoms with Crippen molar-refractivity contribution < 1.29 is 24.1 Å². The molecule has 156 valence electrons. The van der Waals surface area contributed by atoms with Crippen molar-refractivity contribution in [1.29, 1.82) is 0 Å². The molecule has 2 fully saturated rings. The molecule has 1 atom stereocenters. The maximum atomic E-state index is 12.3. The zero-order valence-electron chi connectivity index (χ0n) is 16.5. The molecule has 1 N–H and O–H groups in total. The van der Waals surface area contributed by atoms with E-state index in [2.05, 4.69) is 9.97 Å². The van der Waals surface area contributed by atoms with Crippen LogP contribution in [0.15, 0.2) is 6.07 Å². The smallest absolute Gasteiger partial charge is 0.410 e. The summed E-state index contributed by atoms with van der Waals surface area (Å²) in [5.41, 5.74) is -1.55. The second-order valence-corrected chi connectivity index (χ2v) is 8.41. The molecule has 0 radical (unpaired) electrons. The lowest BCUT2D eigenvalue weighted by molar-refractivity contribution is 0.00157. The van der Waals surface area contributed by atoms with Crippen molar-refractivity contribution >= 4 is 23.6 Å². The summed E-state index contributed by atoms with van der Waals surface area (Å²) in [5, 5.41) is 10.2. The molecular weight excluding hydrogens is 388 g/mol. The summed E-state index contributed by atoms with van der Waals surface area (Å²) in [6.07, 6.45) is 0.0261. The molecule has 10 heteroatoms. The van der Waals surface area contributed by atoms with E-state index in [4.69, 9.17) is 25.8 Å². The van der Waals surface area contributed by atoms with Crippen LogP contribution in [-0.4, -0.2) is 83.3 Å². The number of hydrogen-bond acceptors (Lipinski definition) is 8. The SMILES string of the molecule is CC(C)(C)OC(=O)N1CCC(CO)(Oc2cc(Cl)nc(N3CCOCC3)n2)C1. The molecule has 0 aromatic carbocycles. The van der Waals surface area contributed by atoms with Crippen LogP contribution in [0.4, 0.5) is 10.7 Å². The Morgan fingerprint density at radius 3 is 2.68 bits per heavy atom. The van der Waals surface area contributed by atoms with Gasteiger partial charge in [-0.1, -0.05) is 11.6 Å². The van der Waals surface area contributed by atoms with Crippen LogP contribution in [-0.2, 0) is 9.47 Å². The van der Waals surface area contributed by atoms with Gasteiger partial charge in [0.05, 0.1) is 26.4 Å². The number of ether oxygens (including phenoxy) is 3. The van der Waals surface area contributed by atoms with Gasteiger partial charge in [-0.15, -0.1) is 0 Å². The molecule has 28 heavy (non-hydrogen) atoms. The van der Waals surface area contributed by atoms with Gasteiger partial charge in [-0.2, -0.15) is 4.98 Å². The van der Waals surface area contributed by atoms with Gasteiger partial charge in [0.15, 0.2) is 5.60 Å². The van der Waals surface area contributed by atoms with Crippen molar-refractivity contribution in [3.8, 4) is 5.88 Å². The van der Waals surface area contributed by atoms with Crippen LogP contribution in [0, 0.1) is 0 Å². The first-order valence-corrected chi connectivity index (χ1v) is 9.73. The molecule has 0 aliphatic carbocycles. The van der Waals surface area contributed by atoms with Gasteiger partial charge in [0.1, 0.15) is 10.8 Å². The molecule has 2 aliphatic rings. The number of anilines is 1. The van der Waals surface area contributed by atoms with Crippen molar-refractivity contribution in [2.45, 2.75) is 38.4 Å². The zero-order chi connectivity index (χ0) is 20.4. The number of halogens is 1. The Labute approximate surface area is 169 Å². The first kappa shape index (κ1) is 20.9. The van der Waals surface area contributed by atoms with Gasteiger partial charge < -0.3 is 29.1 Å². The van der Waals surface area contributed by atoms with Gasteiger partial charge in [-0.3, -0.25) is 0 Å². The highest BCUT2D eigenvalue weighted by molar-refractivity contribution is 6.29. The number of carbonyl (C=O) groups is 1. The summed E-state index contributed by atoms with van der Waals surface area (Å²) in [5.74, 6) is 0.725. The molecule has 0 saturated carbocycles. The number of carbonyl (C=O) groups excluding carboxylic acids is 1. The minimum absolute atomic E-state index is 0.201. The van der Waals surface area contributed by atoms with Crippen LogP contribution in [0.2, 0.25) is 5.15 Å². The fourth-order valence-corrected chi connectivity index (χ4v) is 3.30. The normalized spacial score (nSPS) is 23.0. The summed E-state index contributed by atoms with van der Waals surface area (Å²) >= 11 is 6.16. The van der Waals surface area contributed by atoms with Crippen LogP contribution in [0.25, 0.3) is 0 Å². The lowest BCUT2D eigenvalue weighted by Crippen LogP contribution is -2.45. The Bertz CT molecular complexity index is 708. The molecule has 0 spiro atoms. The lowest BCUT2D eigenvalue weighted by atomic mass is 10.1. The number of aromatic nitrogens is 2. The number of morpholine rings is 1. The van der Waals surface area contributed by atoms with E-state index in [1.54, 1.807) is 0 Å². The van der Waals surface area contributed by atoms with Crippen LogP contribution in [0.3, 0.4) is 0 Å². The van der Waals surface area contributed by atoms with Gasteiger partial charge in [0.2, 0.25) is 11.8 Å². The van der Waals surface area contributed by atoms with E-state index >= 15 is 0 Å². The molecule has 9 nitrogen and oxygen atoms in total. The predicted octanol–water partition coefficient (Wildman–Crippen LogP) is 1.72. The molecule has 2 saturated heterocycles. The number of amides is 1. The molecule has 3 rings (SSSR count). The topological polar surface area (TPSA) is 97.2 Å². The van der Waals surface area contributed by atoms with E-state index in [0.717, 1.165) is 0 Å². The van der Waals surface area contributed by atoms with Crippen molar-refractivity contribution in [2.24, 2.45) is 0 Å². The minimum Gasteiger partial charge on any atom is -0.466 e. The molecule has 1 unspecified atom stereocenters. The maximum Gasteiger partial charge on any atom is 0.410 e. The molecule has 0 bridgehead atoms. The number of hydrogen-bond donors (Lipinski definition) is 1. The van der Waals surface area contributed by atoms with Crippen LogP contribution >= 0.6 is 11.6 Å². The Kier molecular flexibility index (Phi) is 6.16. The molecular formula is C18H27ClN4O5. The van der Waals surface area contributed by atoms with Crippen LogP contribution < -0.4 is 9.64 Å². The van der Waals surface area contributed by atoms with Gasteiger partial charge in [0, 0.05) is 32.1 Å². The average molecular weight is 415 g/mol. The molecule has 3 heterocycles. The van der Waals surface area contributed by atoms with Gasteiger partial charge in [-0.25, -0.2) is 9.78 Å². The van der Waals surface area contributed by atoms with Crippen molar-refractivity contribution in [3.05, 3.63) is 11.2 Å². The third kappa shape index (κ3) is 5.15. The van der Waals surface area contributed by atoms with Gasteiger partial charge in [0.25, 0.3) is 0 Å². The number of likely N-dealkylation sites (tertiary alicyclic amines) is 1. The summed E-state index contributed by atoms with van der Waals surface area (Å²) in [7, 11) is 0. The summed E-state index contributed by atoms with van der Waals surface area (Å²) < 4.78 is 16.8. The van der Waals surface area contributed by atoms with Crippen molar-refractivity contribution in [2.75, 3.05) is 50.9 Å². The average Bonchev–Trinajstić information content (AvgIpc) is 3.05. The van der Waals surface area contributed by atoms with Crippen LogP contribution in [0.5, 0.6) is 5.88 Å².